The molecule has 1 atom stereocenters. The van der Waals surface area contributed by atoms with Crippen molar-refractivity contribution in [2.24, 2.45) is 7.05 Å². The van der Waals surface area contributed by atoms with Gasteiger partial charge in [-0.1, -0.05) is 0 Å². The molecule has 0 bridgehead atoms. The topological polar surface area (TPSA) is 43.3 Å². The second-order valence-corrected chi connectivity index (χ2v) is 4.31. The van der Waals surface area contributed by atoms with Crippen molar-refractivity contribution in [1.82, 2.24) is 9.88 Å². The molecule has 1 aliphatic rings. The number of ether oxygens (including phenoxy) is 1. The van der Waals surface area contributed by atoms with E-state index >= 15 is 0 Å². The Bertz CT molecular complexity index is 420. The molecule has 2 heterocycles. The van der Waals surface area contributed by atoms with E-state index in [2.05, 4.69) is 5.32 Å². The van der Waals surface area contributed by atoms with Crippen molar-refractivity contribution in [1.29, 1.82) is 0 Å². The van der Waals surface area contributed by atoms with Crippen LogP contribution in [0.15, 0.2) is 17.1 Å². The molecule has 1 saturated heterocycles. The van der Waals surface area contributed by atoms with Crippen molar-refractivity contribution in [2.45, 2.75) is 25.8 Å². The van der Waals surface area contributed by atoms with Crippen molar-refractivity contribution < 1.29 is 4.74 Å². The highest BCUT2D eigenvalue weighted by Crippen LogP contribution is 2.12. The zero-order chi connectivity index (χ0) is 11.5. The fraction of sp³-hybridized carbons (Fsp3) is 0.583. The minimum atomic E-state index is -0.0337. The molecule has 1 unspecified atom stereocenters. The van der Waals surface area contributed by atoms with Crippen LogP contribution < -0.4 is 15.5 Å². The third-order valence-corrected chi connectivity index (χ3v) is 3.12. The first-order valence-electron chi connectivity index (χ1n) is 5.71. The van der Waals surface area contributed by atoms with E-state index in [1.165, 1.54) is 6.42 Å². The van der Waals surface area contributed by atoms with E-state index < -0.39 is 0 Å². The van der Waals surface area contributed by atoms with Gasteiger partial charge in [-0.25, -0.2) is 0 Å². The van der Waals surface area contributed by atoms with E-state index in [1.54, 1.807) is 12.3 Å². The largest absolute Gasteiger partial charge is 0.486 e. The summed E-state index contributed by atoms with van der Waals surface area (Å²) in [4.78, 5) is 11.6. The summed E-state index contributed by atoms with van der Waals surface area (Å²) in [6.07, 6.45) is 4.09. The van der Waals surface area contributed by atoms with Gasteiger partial charge in [0.25, 0.3) is 0 Å². The van der Waals surface area contributed by atoms with Gasteiger partial charge in [0.1, 0.15) is 6.61 Å². The first-order chi connectivity index (χ1) is 7.68. The van der Waals surface area contributed by atoms with Gasteiger partial charge in [-0.2, -0.15) is 0 Å². The molecule has 4 nitrogen and oxygen atoms in total. The van der Waals surface area contributed by atoms with Crippen molar-refractivity contribution in [3.05, 3.63) is 28.2 Å². The van der Waals surface area contributed by atoms with Crippen LogP contribution in [0.25, 0.3) is 0 Å². The van der Waals surface area contributed by atoms with Crippen LogP contribution in [0.4, 0.5) is 0 Å². The van der Waals surface area contributed by atoms with Gasteiger partial charge in [0.2, 0.25) is 5.43 Å². The Kier molecular flexibility index (Phi) is 3.29. The zero-order valence-electron chi connectivity index (χ0n) is 9.82. The van der Waals surface area contributed by atoms with Gasteiger partial charge in [0.15, 0.2) is 5.75 Å². The number of nitrogens with one attached hydrogen (secondary N) is 1. The Morgan fingerprint density at radius 3 is 3.12 bits per heavy atom. The molecule has 88 valence electrons. The molecule has 1 aliphatic heterocycles. The maximum atomic E-state index is 11.6. The summed E-state index contributed by atoms with van der Waals surface area (Å²) in [5.74, 6) is 0.485. The number of rotatable bonds is 3. The van der Waals surface area contributed by atoms with Crippen LogP contribution >= 0.6 is 0 Å². The van der Waals surface area contributed by atoms with Crippen LogP contribution in [0.2, 0.25) is 0 Å². The SMILES string of the molecule is Cc1c(OCC2CCCN2)c(=O)ccn1C. The first kappa shape index (κ1) is 11.2. The smallest absolute Gasteiger partial charge is 0.223 e. The molecular weight excluding hydrogens is 204 g/mol. The average molecular weight is 222 g/mol. The number of hydrogen-bond donors (Lipinski definition) is 1. The van der Waals surface area contributed by atoms with Crippen LogP contribution in [-0.2, 0) is 7.05 Å². The number of nitrogens with zero attached hydrogens (tertiary/aromatic N) is 1. The van der Waals surface area contributed by atoms with Crippen molar-refractivity contribution >= 4 is 0 Å². The quantitative estimate of drug-likeness (QED) is 0.823. The lowest BCUT2D eigenvalue weighted by Gasteiger charge is -2.14. The highest BCUT2D eigenvalue weighted by atomic mass is 16.5. The Labute approximate surface area is 95.2 Å². The van der Waals surface area contributed by atoms with Gasteiger partial charge in [0, 0.05) is 25.4 Å². The second-order valence-electron chi connectivity index (χ2n) is 4.31. The predicted molar refractivity (Wildman–Crippen MR) is 62.9 cm³/mol. The van der Waals surface area contributed by atoms with Gasteiger partial charge in [-0.15, -0.1) is 0 Å². The van der Waals surface area contributed by atoms with Gasteiger partial charge in [-0.05, 0) is 26.3 Å². The third-order valence-electron chi connectivity index (χ3n) is 3.12. The van der Waals surface area contributed by atoms with Crippen molar-refractivity contribution in [3.63, 3.8) is 0 Å². The molecule has 1 aromatic rings. The molecule has 16 heavy (non-hydrogen) atoms. The summed E-state index contributed by atoms with van der Waals surface area (Å²) < 4.78 is 7.54. The lowest BCUT2D eigenvalue weighted by Crippen LogP contribution is -2.29. The summed E-state index contributed by atoms with van der Waals surface area (Å²) in [5, 5.41) is 3.35. The van der Waals surface area contributed by atoms with Crippen molar-refractivity contribution in [2.75, 3.05) is 13.2 Å². The zero-order valence-corrected chi connectivity index (χ0v) is 9.82. The first-order valence-corrected chi connectivity index (χ1v) is 5.71. The van der Waals surface area contributed by atoms with E-state index in [4.69, 9.17) is 4.74 Å². The molecule has 0 saturated carbocycles. The number of aromatic nitrogens is 1. The fourth-order valence-corrected chi connectivity index (χ4v) is 1.96. The van der Waals surface area contributed by atoms with Crippen LogP contribution in [0.3, 0.4) is 0 Å². The van der Waals surface area contributed by atoms with Gasteiger partial charge < -0.3 is 14.6 Å². The maximum Gasteiger partial charge on any atom is 0.223 e. The Hall–Kier alpha value is -1.29. The minimum absolute atomic E-state index is 0.0337. The Balaban J connectivity index is 2.08. The molecular formula is C12H18N2O2. The van der Waals surface area contributed by atoms with E-state index in [0.29, 0.717) is 18.4 Å². The van der Waals surface area contributed by atoms with Gasteiger partial charge in [-0.3, -0.25) is 4.79 Å². The fourth-order valence-electron chi connectivity index (χ4n) is 1.96. The van der Waals surface area contributed by atoms with Crippen LogP contribution in [0.5, 0.6) is 5.75 Å². The van der Waals surface area contributed by atoms with Crippen LogP contribution in [0, 0.1) is 6.92 Å². The Morgan fingerprint density at radius 1 is 1.62 bits per heavy atom. The number of pyridine rings is 1. The molecule has 0 amide bonds. The molecule has 1 fully saturated rings. The maximum absolute atomic E-state index is 11.6. The van der Waals surface area contributed by atoms with Crippen molar-refractivity contribution in [3.8, 4) is 5.75 Å². The summed E-state index contributed by atoms with van der Waals surface area (Å²) in [7, 11) is 1.91. The Morgan fingerprint density at radius 2 is 2.44 bits per heavy atom. The van der Waals surface area contributed by atoms with Crippen LogP contribution in [0.1, 0.15) is 18.5 Å². The van der Waals surface area contributed by atoms with Crippen LogP contribution in [-0.4, -0.2) is 23.8 Å². The average Bonchev–Trinajstić information content (AvgIpc) is 2.77. The normalized spacial score (nSPS) is 20.0. The van der Waals surface area contributed by atoms with Gasteiger partial charge in [0.05, 0.1) is 5.69 Å². The van der Waals surface area contributed by atoms with E-state index in [1.807, 2.05) is 18.5 Å². The summed E-state index contributed by atoms with van der Waals surface area (Å²) in [6, 6.07) is 1.94. The highest BCUT2D eigenvalue weighted by Gasteiger charge is 2.16. The molecule has 1 N–H and O–H groups in total. The third kappa shape index (κ3) is 2.27. The van der Waals surface area contributed by atoms with Gasteiger partial charge >= 0.3 is 0 Å². The number of hydrogen-bond acceptors (Lipinski definition) is 3. The molecule has 0 radical (unpaired) electrons. The summed E-state index contributed by atoms with van der Waals surface area (Å²) in [6.45, 7) is 3.54. The predicted octanol–water partition coefficient (Wildman–Crippen LogP) is 0.825. The van der Waals surface area contributed by atoms with E-state index in [9.17, 15) is 4.79 Å². The molecule has 0 aliphatic carbocycles. The molecule has 2 rings (SSSR count). The minimum Gasteiger partial charge on any atom is -0.486 e. The molecule has 0 aromatic carbocycles. The van der Waals surface area contributed by atoms with E-state index in [0.717, 1.165) is 18.7 Å². The lowest BCUT2D eigenvalue weighted by atomic mass is 10.2. The molecule has 4 heteroatoms. The molecule has 1 aromatic heterocycles. The monoisotopic (exact) mass is 222 g/mol. The summed E-state index contributed by atoms with van der Waals surface area (Å²) in [5.41, 5.74) is 0.846. The second kappa shape index (κ2) is 4.70. The van der Waals surface area contributed by atoms with E-state index in [-0.39, 0.29) is 5.43 Å². The molecule has 0 spiro atoms. The highest BCUT2D eigenvalue weighted by molar-refractivity contribution is 5.26. The lowest BCUT2D eigenvalue weighted by molar-refractivity contribution is 0.271. The summed E-state index contributed by atoms with van der Waals surface area (Å²) >= 11 is 0. The standard InChI is InChI=1S/C12H18N2O2/c1-9-12(11(15)5-7-14(9)2)16-8-10-4-3-6-13-10/h5,7,10,13H,3-4,6,8H2,1-2H3. The number of aryl methyl sites for hydroxylation is 1.